The van der Waals surface area contributed by atoms with Crippen molar-refractivity contribution in [3.8, 4) is 0 Å². The first kappa shape index (κ1) is 17.0. The minimum absolute atomic E-state index is 0.190. The lowest BCUT2D eigenvalue weighted by atomic mass is 9.84. The number of carbonyl (C=O) groups is 1. The summed E-state index contributed by atoms with van der Waals surface area (Å²) in [6, 6.07) is 5.43. The first-order chi connectivity index (χ1) is 12.7. The third kappa shape index (κ3) is 3.19. The molecular weight excluding hydrogens is 332 g/mol. The molecule has 4 heterocycles. The van der Waals surface area contributed by atoms with Gasteiger partial charge in [0.2, 0.25) is 0 Å². The topological polar surface area (TPSA) is 89.2 Å². The number of carbonyl (C=O) groups excluding carboxylic acids is 1. The van der Waals surface area contributed by atoms with Crippen molar-refractivity contribution in [3.63, 3.8) is 0 Å². The van der Waals surface area contributed by atoms with Gasteiger partial charge in [0.25, 0.3) is 11.5 Å². The van der Waals surface area contributed by atoms with Crippen molar-refractivity contribution in [3.05, 3.63) is 51.3 Å². The molecule has 2 aromatic heterocycles. The molecule has 7 heteroatoms. The lowest BCUT2D eigenvalue weighted by Crippen LogP contribution is -2.46. The fraction of sp³-hybridized carbons (Fsp3) is 0.526. The predicted molar refractivity (Wildman–Crippen MR) is 96.1 cm³/mol. The molecule has 1 saturated heterocycles. The fourth-order valence-electron chi connectivity index (χ4n) is 4.04. The average Bonchev–Trinajstić information content (AvgIpc) is 3.09. The number of rotatable bonds is 5. The van der Waals surface area contributed by atoms with E-state index in [4.69, 9.17) is 4.52 Å². The summed E-state index contributed by atoms with van der Waals surface area (Å²) in [6.45, 7) is 4.81. The van der Waals surface area contributed by atoms with Crippen LogP contribution in [0, 0.1) is 5.92 Å². The van der Waals surface area contributed by atoms with E-state index in [1.807, 2.05) is 12.1 Å². The maximum Gasteiger partial charge on any atom is 0.263 e. The molecule has 1 amide bonds. The van der Waals surface area contributed by atoms with E-state index in [9.17, 15) is 9.59 Å². The number of hydrogen-bond acceptors (Lipinski definition) is 5. The molecule has 138 valence electrons. The van der Waals surface area contributed by atoms with Crippen LogP contribution in [-0.4, -0.2) is 28.7 Å². The zero-order valence-electron chi connectivity index (χ0n) is 15.0. The molecule has 0 saturated carbocycles. The normalized spacial score (nSPS) is 21.3. The van der Waals surface area contributed by atoms with Crippen molar-refractivity contribution in [2.45, 2.75) is 45.2 Å². The molecule has 26 heavy (non-hydrogen) atoms. The number of pyridine rings is 1. The van der Waals surface area contributed by atoms with Gasteiger partial charge in [0, 0.05) is 30.8 Å². The van der Waals surface area contributed by atoms with Gasteiger partial charge < -0.3 is 19.7 Å². The first-order valence-electron chi connectivity index (χ1n) is 9.32. The van der Waals surface area contributed by atoms with Crippen LogP contribution in [0.2, 0.25) is 0 Å². The summed E-state index contributed by atoms with van der Waals surface area (Å²) in [7, 11) is 0. The van der Waals surface area contributed by atoms with E-state index in [0.29, 0.717) is 24.1 Å². The Labute approximate surface area is 151 Å². The Balaban J connectivity index is 1.49. The van der Waals surface area contributed by atoms with Crippen LogP contribution in [0.25, 0.3) is 0 Å². The van der Waals surface area contributed by atoms with Crippen LogP contribution in [0.5, 0.6) is 0 Å². The van der Waals surface area contributed by atoms with Gasteiger partial charge in [0.15, 0.2) is 5.76 Å². The first-order valence-corrected chi connectivity index (χ1v) is 9.32. The Bertz CT molecular complexity index is 870. The molecule has 2 atom stereocenters. The number of nitrogens with one attached hydrogen (secondary N) is 2. The van der Waals surface area contributed by atoms with Crippen molar-refractivity contribution < 1.29 is 9.32 Å². The lowest BCUT2D eigenvalue weighted by Gasteiger charge is -2.37. The van der Waals surface area contributed by atoms with Gasteiger partial charge in [-0.3, -0.25) is 9.59 Å². The molecule has 1 fully saturated rings. The highest BCUT2D eigenvalue weighted by Crippen LogP contribution is 2.31. The zero-order chi connectivity index (χ0) is 18.1. The van der Waals surface area contributed by atoms with Gasteiger partial charge in [0.1, 0.15) is 5.56 Å². The van der Waals surface area contributed by atoms with Gasteiger partial charge >= 0.3 is 0 Å². The molecule has 0 radical (unpaired) electrons. The van der Waals surface area contributed by atoms with Crippen LogP contribution in [-0.2, 0) is 19.5 Å². The molecule has 2 bridgehead atoms. The summed E-state index contributed by atoms with van der Waals surface area (Å²) < 4.78 is 7.01. The maximum atomic E-state index is 12.8. The van der Waals surface area contributed by atoms with Crippen molar-refractivity contribution in [1.82, 2.24) is 20.4 Å². The Morgan fingerprint density at radius 3 is 3.15 bits per heavy atom. The third-order valence-corrected chi connectivity index (χ3v) is 5.29. The number of fused-ring (bicyclic) bond motifs is 4. The summed E-state index contributed by atoms with van der Waals surface area (Å²) >= 11 is 0. The van der Waals surface area contributed by atoms with Gasteiger partial charge in [-0.1, -0.05) is 18.5 Å². The van der Waals surface area contributed by atoms with E-state index in [0.717, 1.165) is 43.7 Å². The van der Waals surface area contributed by atoms with E-state index in [1.54, 1.807) is 10.6 Å². The Morgan fingerprint density at radius 2 is 2.31 bits per heavy atom. The molecule has 4 rings (SSSR count). The van der Waals surface area contributed by atoms with Crippen molar-refractivity contribution >= 4 is 5.91 Å². The second-order valence-electron chi connectivity index (χ2n) is 7.26. The fourth-order valence-corrected chi connectivity index (χ4v) is 4.04. The third-order valence-electron chi connectivity index (χ3n) is 5.29. The van der Waals surface area contributed by atoms with Crippen LogP contribution < -0.4 is 16.2 Å². The molecule has 7 nitrogen and oxygen atoms in total. The summed E-state index contributed by atoms with van der Waals surface area (Å²) in [4.78, 5) is 25.3. The second kappa shape index (κ2) is 7.07. The molecule has 2 aliphatic heterocycles. The Hall–Kier alpha value is -2.41. The minimum atomic E-state index is -0.368. The lowest BCUT2D eigenvalue weighted by molar-refractivity contribution is 0.0944. The Kier molecular flexibility index (Phi) is 4.63. The number of nitrogens with zero attached hydrogens (tertiary/aromatic N) is 2. The van der Waals surface area contributed by atoms with Crippen molar-refractivity contribution in [2.75, 3.05) is 13.1 Å². The van der Waals surface area contributed by atoms with Gasteiger partial charge in [-0.15, -0.1) is 0 Å². The monoisotopic (exact) mass is 356 g/mol. The second-order valence-corrected chi connectivity index (χ2v) is 7.26. The van der Waals surface area contributed by atoms with Gasteiger partial charge in [0.05, 0.1) is 12.2 Å². The van der Waals surface area contributed by atoms with Crippen LogP contribution in [0.1, 0.15) is 53.2 Å². The van der Waals surface area contributed by atoms with Crippen molar-refractivity contribution in [2.24, 2.45) is 5.92 Å². The van der Waals surface area contributed by atoms with E-state index in [1.165, 1.54) is 0 Å². The van der Waals surface area contributed by atoms with Crippen LogP contribution >= 0.6 is 0 Å². The quantitative estimate of drug-likeness (QED) is 0.846. The zero-order valence-corrected chi connectivity index (χ0v) is 15.0. The predicted octanol–water partition coefficient (Wildman–Crippen LogP) is 1.43. The Morgan fingerprint density at radius 1 is 1.42 bits per heavy atom. The maximum absolute atomic E-state index is 12.8. The average molecular weight is 356 g/mol. The molecule has 0 unspecified atom stereocenters. The van der Waals surface area contributed by atoms with Crippen LogP contribution in [0.3, 0.4) is 0 Å². The molecular formula is C19H24N4O3. The summed E-state index contributed by atoms with van der Waals surface area (Å²) in [5.74, 6) is 1.05. The molecule has 0 aromatic carbocycles. The van der Waals surface area contributed by atoms with E-state index >= 15 is 0 Å². The molecule has 0 aliphatic carbocycles. The molecule has 2 aliphatic rings. The number of aryl methyl sites for hydroxylation is 1. The SMILES string of the molecule is CCCc1cc(CNC(=O)c2ccc3n(c2=O)C[C@@H]2CNC[C@H]3C2)on1. The molecule has 2 aromatic rings. The standard InChI is InChI=1S/C19H24N4O3/c1-2-3-14-7-15(26-22-14)10-21-18(24)16-4-5-17-13-6-12(8-20-9-13)11-23(17)19(16)25/h4-5,7,12-13,20H,2-3,6,8-11H2,1H3,(H,21,24)/t12-,13+/m0/s1. The van der Waals surface area contributed by atoms with Gasteiger partial charge in [-0.25, -0.2) is 0 Å². The highest BCUT2D eigenvalue weighted by atomic mass is 16.5. The van der Waals surface area contributed by atoms with Crippen LogP contribution in [0.15, 0.2) is 27.5 Å². The summed E-state index contributed by atoms with van der Waals surface area (Å²) in [6.07, 6.45) is 2.95. The van der Waals surface area contributed by atoms with E-state index in [2.05, 4.69) is 22.7 Å². The van der Waals surface area contributed by atoms with E-state index < -0.39 is 0 Å². The highest BCUT2D eigenvalue weighted by molar-refractivity contribution is 5.93. The van der Waals surface area contributed by atoms with Crippen molar-refractivity contribution in [1.29, 1.82) is 0 Å². The number of amides is 1. The number of aromatic nitrogens is 2. The molecule has 2 N–H and O–H groups in total. The van der Waals surface area contributed by atoms with Crippen LogP contribution in [0.4, 0.5) is 0 Å². The smallest absolute Gasteiger partial charge is 0.263 e. The van der Waals surface area contributed by atoms with E-state index in [-0.39, 0.29) is 23.6 Å². The summed E-state index contributed by atoms with van der Waals surface area (Å²) in [5.41, 5.74) is 1.91. The minimum Gasteiger partial charge on any atom is -0.359 e. The highest BCUT2D eigenvalue weighted by Gasteiger charge is 2.31. The summed E-state index contributed by atoms with van der Waals surface area (Å²) in [5, 5.41) is 10.2. The number of piperidine rings is 1. The van der Waals surface area contributed by atoms with Gasteiger partial charge in [-0.05, 0) is 37.4 Å². The number of hydrogen-bond donors (Lipinski definition) is 2. The van der Waals surface area contributed by atoms with Gasteiger partial charge in [-0.2, -0.15) is 0 Å². The molecule has 0 spiro atoms. The largest absolute Gasteiger partial charge is 0.359 e.